The number of halogens is 2. The van der Waals surface area contributed by atoms with Crippen LogP contribution in [0.4, 0.5) is 0 Å². The molecule has 100 valence electrons. The summed E-state index contributed by atoms with van der Waals surface area (Å²) < 4.78 is 9.68. The Kier molecular flexibility index (Phi) is 13.2. The third-order valence-electron chi connectivity index (χ3n) is 1.26. The van der Waals surface area contributed by atoms with Gasteiger partial charge in [0.25, 0.3) is 5.35 Å². The number of carbonyl (C=O) groups is 1. The lowest BCUT2D eigenvalue weighted by atomic mass is 10.4. The lowest BCUT2D eigenvalue weighted by Crippen LogP contribution is -2.07. The normalized spacial score (nSPS) is 8.41. The smallest absolute Gasteiger partial charge is 0.360 e. The maximum atomic E-state index is 11.2. The molecule has 1 rings (SSSR count). The first kappa shape index (κ1) is 18.8. The Bertz CT molecular complexity index is 316. The van der Waals surface area contributed by atoms with Gasteiger partial charge in [0.15, 0.2) is 11.5 Å². The van der Waals surface area contributed by atoms with Crippen molar-refractivity contribution in [3.8, 4) is 0 Å². The van der Waals surface area contributed by atoms with Gasteiger partial charge >= 0.3 is 5.97 Å². The van der Waals surface area contributed by atoms with E-state index in [1.807, 2.05) is 27.7 Å². The van der Waals surface area contributed by atoms with E-state index in [0.29, 0.717) is 17.7 Å². The second kappa shape index (κ2) is 11.9. The summed E-state index contributed by atoms with van der Waals surface area (Å²) in [5.41, 5.74) is 0.128. The zero-order chi connectivity index (χ0) is 13.8. The lowest BCUT2D eigenvalue weighted by Gasteiger charge is -1.97. The molecule has 0 aliphatic carbocycles. The fraction of sp³-hybridized carbons (Fsp3) is 0.636. The van der Waals surface area contributed by atoms with Gasteiger partial charge in [0.1, 0.15) is 0 Å². The minimum atomic E-state index is -0.521. The SMILES string of the molecule is CC.CC.CCOC(=O)c1nc(Cl)oc1CBr. The van der Waals surface area contributed by atoms with Crippen molar-refractivity contribution >= 4 is 33.5 Å². The Labute approximate surface area is 116 Å². The van der Waals surface area contributed by atoms with Gasteiger partial charge in [-0.15, -0.1) is 0 Å². The predicted molar refractivity (Wildman–Crippen MR) is 72.8 cm³/mol. The largest absolute Gasteiger partial charge is 0.461 e. The van der Waals surface area contributed by atoms with Crippen LogP contribution in [0.25, 0.3) is 0 Å². The van der Waals surface area contributed by atoms with Gasteiger partial charge in [0.2, 0.25) is 0 Å². The van der Waals surface area contributed by atoms with E-state index in [0.717, 1.165) is 0 Å². The molecule has 1 aromatic heterocycles. The van der Waals surface area contributed by atoms with E-state index >= 15 is 0 Å². The van der Waals surface area contributed by atoms with Gasteiger partial charge in [-0.1, -0.05) is 43.6 Å². The third kappa shape index (κ3) is 6.68. The zero-order valence-electron chi connectivity index (χ0n) is 10.8. The fourth-order valence-corrected chi connectivity index (χ4v) is 1.33. The predicted octanol–water partition coefficient (Wildman–Crippen LogP) is 4.45. The molecular formula is C11H19BrClNO3. The molecular weight excluding hydrogens is 309 g/mol. The van der Waals surface area contributed by atoms with Gasteiger partial charge in [-0.2, -0.15) is 4.98 Å². The van der Waals surface area contributed by atoms with Crippen LogP contribution >= 0.6 is 27.5 Å². The van der Waals surface area contributed by atoms with E-state index in [4.69, 9.17) is 20.8 Å². The number of hydrogen-bond donors (Lipinski definition) is 0. The van der Waals surface area contributed by atoms with Crippen molar-refractivity contribution in [2.75, 3.05) is 6.61 Å². The molecule has 0 atom stereocenters. The van der Waals surface area contributed by atoms with Gasteiger partial charge in [-0.3, -0.25) is 0 Å². The summed E-state index contributed by atoms with van der Waals surface area (Å²) in [4.78, 5) is 14.9. The number of alkyl halides is 1. The summed E-state index contributed by atoms with van der Waals surface area (Å²) in [5, 5.41) is 0.318. The highest BCUT2D eigenvalue weighted by molar-refractivity contribution is 9.08. The number of ether oxygens (including phenoxy) is 1. The van der Waals surface area contributed by atoms with Crippen molar-refractivity contribution in [2.45, 2.75) is 39.9 Å². The van der Waals surface area contributed by atoms with Crippen LogP contribution in [0.2, 0.25) is 5.35 Å². The highest BCUT2D eigenvalue weighted by Gasteiger charge is 2.19. The second-order valence-electron chi connectivity index (χ2n) is 2.09. The van der Waals surface area contributed by atoms with Gasteiger partial charge in [0, 0.05) is 0 Å². The molecule has 0 saturated heterocycles. The van der Waals surface area contributed by atoms with Crippen LogP contribution < -0.4 is 0 Å². The highest BCUT2D eigenvalue weighted by atomic mass is 79.9. The summed E-state index contributed by atoms with van der Waals surface area (Å²) in [5.74, 6) is -0.143. The number of rotatable bonds is 3. The van der Waals surface area contributed by atoms with Crippen LogP contribution in [0.1, 0.15) is 50.9 Å². The van der Waals surface area contributed by atoms with Crippen molar-refractivity contribution in [2.24, 2.45) is 0 Å². The van der Waals surface area contributed by atoms with Crippen molar-refractivity contribution in [1.82, 2.24) is 4.98 Å². The van der Waals surface area contributed by atoms with E-state index in [2.05, 4.69) is 20.9 Å². The Morgan fingerprint density at radius 2 is 1.94 bits per heavy atom. The Hall–Kier alpha value is -0.550. The average Bonchev–Trinajstić information content (AvgIpc) is 2.76. The molecule has 1 aromatic rings. The average molecular weight is 329 g/mol. The monoisotopic (exact) mass is 327 g/mol. The summed E-state index contributed by atoms with van der Waals surface area (Å²) in [7, 11) is 0. The maximum Gasteiger partial charge on any atom is 0.360 e. The molecule has 0 amide bonds. The second-order valence-corrected chi connectivity index (χ2v) is 2.98. The van der Waals surface area contributed by atoms with Crippen LogP contribution in [0, 0.1) is 0 Å². The van der Waals surface area contributed by atoms with E-state index < -0.39 is 5.97 Å². The van der Waals surface area contributed by atoms with E-state index in [1.54, 1.807) is 6.92 Å². The summed E-state index contributed by atoms with van der Waals surface area (Å²) >= 11 is 8.62. The molecule has 0 saturated carbocycles. The van der Waals surface area contributed by atoms with Crippen molar-refractivity contribution in [3.05, 3.63) is 16.8 Å². The Morgan fingerprint density at radius 1 is 1.41 bits per heavy atom. The van der Waals surface area contributed by atoms with Gasteiger partial charge in [-0.25, -0.2) is 4.79 Å². The first-order chi connectivity index (χ1) is 8.19. The quantitative estimate of drug-likeness (QED) is 0.607. The molecule has 0 bridgehead atoms. The first-order valence-corrected chi connectivity index (χ1v) is 7.07. The molecule has 0 radical (unpaired) electrons. The Balaban J connectivity index is 0. The first-order valence-electron chi connectivity index (χ1n) is 5.57. The van der Waals surface area contributed by atoms with Crippen molar-refractivity contribution in [3.63, 3.8) is 0 Å². The molecule has 6 heteroatoms. The standard InChI is InChI=1S/C7H7BrClNO3.2C2H6/c1-2-12-6(11)5-4(3-8)13-7(9)10-5;2*1-2/h2-3H2,1H3;2*1-2H3. The fourth-order valence-electron chi connectivity index (χ4n) is 0.773. The van der Waals surface area contributed by atoms with Crippen LogP contribution in [0.15, 0.2) is 4.42 Å². The zero-order valence-corrected chi connectivity index (χ0v) is 13.2. The number of nitrogens with zero attached hydrogens (tertiary/aromatic N) is 1. The molecule has 0 N–H and O–H groups in total. The van der Waals surface area contributed by atoms with E-state index in [1.165, 1.54) is 0 Å². The maximum absolute atomic E-state index is 11.2. The number of esters is 1. The molecule has 4 nitrogen and oxygen atoms in total. The summed E-state index contributed by atoms with van der Waals surface area (Å²) in [6.45, 7) is 10.0. The molecule has 17 heavy (non-hydrogen) atoms. The molecule has 1 heterocycles. The topological polar surface area (TPSA) is 52.3 Å². The number of oxazole rings is 1. The Morgan fingerprint density at radius 3 is 2.35 bits per heavy atom. The third-order valence-corrected chi connectivity index (χ3v) is 1.93. The molecule has 0 aliphatic heterocycles. The molecule has 0 unspecified atom stereocenters. The van der Waals surface area contributed by atoms with Crippen molar-refractivity contribution in [1.29, 1.82) is 0 Å². The van der Waals surface area contributed by atoms with Gasteiger partial charge in [0.05, 0.1) is 11.9 Å². The van der Waals surface area contributed by atoms with Crippen LogP contribution in [0.5, 0.6) is 0 Å². The van der Waals surface area contributed by atoms with E-state index in [9.17, 15) is 4.79 Å². The molecule has 0 aromatic carbocycles. The number of aromatic nitrogens is 1. The molecule has 0 spiro atoms. The summed E-state index contributed by atoms with van der Waals surface area (Å²) in [6, 6.07) is 0. The van der Waals surface area contributed by atoms with Crippen LogP contribution in [-0.4, -0.2) is 17.6 Å². The number of carbonyl (C=O) groups excluding carboxylic acids is 1. The summed E-state index contributed by atoms with van der Waals surface area (Å²) in [6.07, 6.45) is 0. The van der Waals surface area contributed by atoms with E-state index in [-0.39, 0.29) is 11.0 Å². The minimum Gasteiger partial charge on any atom is -0.461 e. The highest BCUT2D eigenvalue weighted by Crippen LogP contribution is 2.18. The van der Waals surface area contributed by atoms with Gasteiger partial charge in [-0.05, 0) is 18.5 Å². The molecule has 0 fully saturated rings. The van der Waals surface area contributed by atoms with Crippen LogP contribution in [-0.2, 0) is 10.1 Å². The lowest BCUT2D eigenvalue weighted by molar-refractivity contribution is 0.0518. The van der Waals surface area contributed by atoms with Crippen molar-refractivity contribution < 1.29 is 13.9 Å². The van der Waals surface area contributed by atoms with Gasteiger partial charge < -0.3 is 9.15 Å². The minimum absolute atomic E-state index is 0.0579. The molecule has 0 aliphatic rings. The van der Waals surface area contributed by atoms with Crippen LogP contribution in [0.3, 0.4) is 0 Å². The number of hydrogen-bond acceptors (Lipinski definition) is 4.